The molecule has 0 aliphatic heterocycles. The van der Waals surface area contributed by atoms with Crippen LogP contribution in [0.4, 0.5) is 13.2 Å². The second kappa shape index (κ2) is 4.55. The van der Waals surface area contributed by atoms with Crippen LogP contribution >= 0.6 is 23.2 Å². The number of alkyl halides is 3. The minimum atomic E-state index is -4.44. The van der Waals surface area contributed by atoms with Gasteiger partial charge in [0, 0.05) is 12.7 Å². The molecule has 1 heterocycles. The number of nitrogens with two attached hydrogens (primary N) is 1. The van der Waals surface area contributed by atoms with Crippen LogP contribution in [0.1, 0.15) is 11.5 Å². The van der Waals surface area contributed by atoms with E-state index in [-0.39, 0.29) is 15.7 Å². The Morgan fingerprint density at radius 3 is 2.47 bits per heavy atom. The maximum Gasteiger partial charge on any atom is 0.397 e. The summed E-state index contributed by atoms with van der Waals surface area (Å²) >= 11 is 11.1. The molecule has 1 aromatic rings. The Morgan fingerprint density at radius 1 is 1.40 bits per heavy atom. The quantitative estimate of drug-likeness (QED) is 0.829. The van der Waals surface area contributed by atoms with E-state index in [1.54, 1.807) is 0 Å². The fourth-order valence-corrected chi connectivity index (χ4v) is 1.53. The van der Waals surface area contributed by atoms with Crippen molar-refractivity contribution in [2.24, 2.45) is 5.73 Å². The van der Waals surface area contributed by atoms with Gasteiger partial charge in [0.1, 0.15) is 5.15 Å². The van der Waals surface area contributed by atoms with E-state index in [1.165, 1.54) is 0 Å². The number of nitrogens with zero attached hydrogens (tertiary/aromatic N) is 1. The van der Waals surface area contributed by atoms with Crippen molar-refractivity contribution >= 4 is 23.2 Å². The Hall–Kier alpha value is -0.520. The summed E-state index contributed by atoms with van der Waals surface area (Å²) in [5, 5.41) is -0.135. The van der Waals surface area contributed by atoms with E-state index < -0.39 is 18.6 Å². The Bertz CT molecular complexity index is 354. The summed E-state index contributed by atoms with van der Waals surface area (Å²) in [4.78, 5) is 3.56. The standard InChI is InChI=1S/C8H7Cl2F3N2/c9-6-3-15-7(10)1-4(6)5(2-14)8(11,12)13/h1,3,5H,2,14H2. The van der Waals surface area contributed by atoms with Gasteiger partial charge in [0.2, 0.25) is 0 Å². The summed E-state index contributed by atoms with van der Waals surface area (Å²) in [5.74, 6) is -1.81. The van der Waals surface area contributed by atoms with Crippen molar-refractivity contribution in [3.8, 4) is 0 Å². The summed E-state index contributed by atoms with van der Waals surface area (Å²) < 4.78 is 37.5. The zero-order valence-electron chi connectivity index (χ0n) is 7.35. The van der Waals surface area contributed by atoms with Crippen LogP contribution in [0.3, 0.4) is 0 Å². The molecule has 2 nitrogen and oxygen atoms in total. The van der Waals surface area contributed by atoms with Crippen molar-refractivity contribution in [1.29, 1.82) is 0 Å². The van der Waals surface area contributed by atoms with Gasteiger partial charge in [-0.05, 0) is 11.6 Å². The van der Waals surface area contributed by atoms with E-state index in [9.17, 15) is 13.2 Å². The predicted octanol–water partition coefficient (Wildman–Crippen LogP) is 2.99. The van der Waals surface area contributed by atoms with Crippen molar-refractivity contribution in [1.82, 2.24) is 4.98 Å². The molecule has 0 fully saturated rings. The second-order valence-corrected chi connectivity index (χ2v) is 3.65. The fraction of sp³-hybridized carbons (Fsp3) is 0.375. The minimum Gasteiger partial charge on any atom is -0.330 e. The van der Waals surface area contributed by atoms with Gasteiger partial charge in [-0.25, -0.2) is 4.98 Å². The first-order chi connectivity index (χ1) is 6.86. The third-order valence-electron chi connectivity index (χ3n) is 1.86. The third kappa shape index (κ3) is 2.96. The van der Waals surface area contributed by atoms with Gasteiger partial charge in [-0.3, -0.25) is 0 Å². The summed E-state index contributed by atoms with van der Waals surface area (Å²) in [6.07, 6.45) is -3.36. The maximum absolute atomic E-state index is 12.5. The Balaban J connectivity index is 3.18. The lowest BCUT2D eigenvalue weighted by molar-refractivity contribution is -0.148. The van der Waals surface area contributed by atoms with Crippen LogP contribution in [0.2, 0.25) is 10.2 Å². The first-order valence-corrected chi connectivity index (χ1v) is 4.69. The molecule has 0 saturated carbocycles. The molecule has 0 radical (unpaired) electrons. The van der Waals surface area contributed by atoms with Crippen LogP contribution in [0.25, 0.3) is 0 Å². The van der Waals surface area contributed by atoms with Crippen LogP contribution in [0.5, 0.6) is 0 Å². The lowest BCUT2D eigenvalue weighted by atomic mass is 10.00. The zero-order chi connectivity index (χ0) is 11.6. The number of hydrogen-bond acceptors (Lipinski definition) is 2. The fourth-order valence-electron chi connectivity index (χ4n) is 1.13. The SMILES string of the molecule is NCC(c1cc(Cl)ncc1Cl)C(F)(F)F. The summed E-state index contributed by atoms with van der Waals surface area (Å²) in [5.41, 5.74) is 4.92. The molecule has 0 spiro atoms. The van der Waals surface area contributed by atoms with Crippen LogP contribution in [-0.4, -0.2) is 17.7 Å². The van der Waals surface area contributed by atoms with Crippen molar-refractivity contribution in [3.63, 3.8) is 0 Å². The molecule has 1 unspecified atom stereocenters. The molecule has 7 heteroatoms. The molecule has 0 amide bonds. The van der Waals surface area contributed by atoms with Crippen LogP contribution in [-0.2, 0) is 0 Å². The highest BCUT2D eigenvalue weighted by molar-refractivity contribution is 6.32. The number of pyridine rings is 1. The normalized spacial score (nSPS) is 14.0. The largest absolute Gasteiger partial charge is 0.397 e. The van der Waals surface area contributed by atoms with Crippen molar-refractivity contribution < 1.29 is 13.2 Å². The average molecular weight is 259 g/mol. The Kier molecular flexibility index (Phi) is 3.81. The first-order valence-electron chi connectivity index (χ1n) is 3.94. The zero-order valence-corrected chi connectivity index (χ0v) is 8.87. The number of hydrogen-bond donors (Lipinski definition) is 1. The van der Waals surface area contributed by atoms with Crippen molar-refractivity contribution in [2.45, 2.75) is 12.1 Å². The molecule has 1 rings (SSSR count). The molecular formula is C8H7Cl2F3N2. The number of rotatable bonds is 2. The van der Waals surface area contributed by atoms with Crippen molar-refractivity contribution in [2.75, 3.05) is 6.54 Å². The van der Waals surface area contributed by atoms with Gasteiger partial charge < -0.3 is 5.73 Å². The van der Waals surface area contributed by atoms with E-state index in [2.05, 4.69) is 4.98 Å². The Labute approximate surface area is 94.2 Å². The minimum absolute atomic E-state index is 0.0444. The average Bonchev–Trinajstić information content (AvgIpc) is 2.10. The molecule has 0 saturated heterocycles. The Morgan fingerprint density at radius 2 is 2.00 bits per heavy atom. The highest BCUT2D eigenvalue weighted by atomic mass is 35.5. The van der Waals surface area contributed by atoms with E-state index in [0.717, 1.165) is 12.3 Å². The molecular weight excluding hydrogens is 252 g/mol. The molecule has 2 N–H and O–H groups in total. The van der Waals surface area contributed by atoms with Crippen LogP contribution in [0.15, 0.2) is 12.3 Å². The first kappa shape index (κ1) is 12.5. The van der Waals surface area contributed by atoms with E-state index in [1.807, 2.05) is 0 Å². The van der Waals surface area contributed by atoms with Gasteiger partial charge in [-0.1, -0.05) is 23.2 Å². The maximum atomic E-state index is 12.5. The van der Waals surface area contributed by atoms with Crippen LogP contribution < -0.4 is 5.73 Å². The molecule has 15 heavy (non-hydrogen) atoms. The summed E-state index contributed by atoms with van der Waals surface area (Å²) in [6, 6.07) is 1.08. The molecule has 1 aromatic heterocycles. The molecule has 1 atom stereocenters. The molecule has 0 bridgehead atoms. The highest BCUT2D eigenvalue weighted by Crippen LogP contribution is 2.37. The van der Waals surface area contributed by atoms with E-state index in [0.29, 0.717) is 0 Å². The van der Waals surface area contributed by atoms with Gasteiger partial charge in [-0.2, -0.15) is 13.2 Å². The van der Waals surface area contributed by atoms with E-state index >= 15 is 0 Å². The smallest absolute Gasteiger partial charge is 0.330 e. The second-order valence-electron chi connectivity index (χ2n) is 2.86. The third-order valence-corrected chi connectivity index (χ3v) is 2.38. The molecule has 0 aliphatic carbocycles. The summed E-state index contributed by atoms with van der Waals surface area (Å²) in [7, 11) is 0. The number of aromatic nitrogens is 1. The van der Waals surface area contributed by atoms with Gasteiger partial charge in [0.05, 0.1) is 10.9 Å². The topological polar surface area (TPSA) is 38.9 Å². The number of halogens is 5. The van der Waals surface area contributed by atoms with Gasteiger partial charge in [0.25, 0.3) is 0 Å². The lowest BCUT2D eigenvalue weighted by Gasteiger charge is -2.19. The van der Waals surface area contributed by atoms with Gasteiger partial charge >= 0.3 is 6.18 Å². The molecule has 84 valence electrons. The van der Waals surface area contributed by atoms with Crippen molar-refractivity contribution in [3.05, 3.63) is 28.0 Å². The lowest BCUT2D eigenvalue weighted by Crippen LogP contribution is -2.28. The van der Waals surface area contributed by atoms with Crippen LogP contribution in [0, 0.1) is 0 Å². The highest BCUT2D eigenvalue weighted by Gasteiger charge is 2.40. The van der Waals surface area contributed by atoms with E-state index in [4.69, 9.17) is 28.9 Å². The monoisotopic (exact) mass is 258 g/mol. The summed E-state index contributed by atoms with van der Waals surface area (Å²) in [6.45, 7) is -0.580. The van der Waals surface area contributed by atoms with Gasteiger partial charge in [0.15, 0.2) is 0 Å². The van der Waals surface area contributed by atoms with Gasteiger partial charge in [-0.15, -0.1) is 0 Å². The molecule has 0 aliphatic rings. The predicted molar refractivity (Wildman–Crippen MR) is 52.1 cm³/mol. The molecule has 0 aromatic carbocycles.